The number of hydrogen-bond acceptors (Lipinski definition) is 5. The first kappa shape index (κ1) is 17.0. The van der Waals surface area contributed by atoms with Gasteiger partial charge in [0.1, 0.15) is 5.82 Å². The molecule has 0 aliphatic rings. The van der Waals surface area contributed by atoms with Gasteiger partial charge in [0.15, 0.2) is 5.82 Å². The van der Waals surface area contributed by atoms with Crippen molar-refractivity contribution in [2.75, 3.05) is 10.5 Å². The van der Waals surface area contributed by atoms with Crippen LogP contribution in [0.5, 0.6) is 0 Å². The zero-order chi connectivity index (χ0) is 19.0. The zero-order valence-electron chi connectivity index (χ0n) is 14.5. The summed E-state index contributed by atoms with van der Waals surface area (Å²) < 4.78 is 29.1. The number of aryl methyl sites for hydroxylation is 1. The number of nitrogens with zero attached hydrogens (tertiary/aromatic N) is 3. The van der Waals surface area contributed by atoms with Gasteiger partial charge in [-0.2, -0.15) is 5.10 Å². The van der Waals surface area contributed by atoms with Crippen LogP contribution in [0.15, 0.2) is 71.8 Å². The summed E-state index contributed by atoms with van der Waals surface area (Å²) in [7, 11) is -1.92. The lowest BCUT2D eigenvalue weighted by molar-refractivity contribution is 0.601. The van der Waals surface area contributed by atoms with Gasteiger partial charge < -0.3 is 5.73 Å². The summed E-state index contributed by atoms with van der Waals surface area (Å²) in [5.41, 5.74) is 7.39. The van der Waals surface area contributed by atoms with E-state index in [1.165, 1.54) is 12.1 Å². The second-order valence-electron chi connectivity index (χ2n) is 6.13. The fourth-order valence-corrected chi connectivity index (χ4v) is 3.91. The molecule has 0 unspecified atom stereocenters. The summed E-state index contributed by atoms with van der Waals surface area (Å²) in [6.45, 7) is 0. The van der Waals surface area contributed by atoms with Gasteiger partial charge in [0.2, 0.25) is 0 Å². The van der Waals surface area contributed by atoms with Crippen molar-refractivity contribution < 1.29 is 8.42 Å². The summed E-state index contributed by atoms with van der Waals surface area (Å²) in [6.07, 6.45) is 1.71. The number of anilines is 2. The summed E-state index contributed by atoms with van der Waals surface area (Å²) >= 11 is 0. The number of pyridine rings is 1. The van der Waals surface area contributed by atoms with Crippen LogP contribution in [0.3, 0.4) is 0 Å². The van der Waals surface area contributed by atoms with Crippen molar-refractivity contribution in [1.82, 2.24) is 14.8 Å². The number of aromatic nitrogens is 3. The molecule has 4 rings (SSSR count). The molecule has 136 valence electrons. The van der Waals surface area contributed by atoms with E-state index in [2.05, 4.69) is 14.8 Å². The average molecular weight is 379 g/mol. The quantitative estimate of drug-likeness (QED) is 0.567. The first-order chi connectivity index (χ1) is 12.9. The minimum atomic E-state index is -3.69. The van der Waals surface area contributed by atoms with Crippen molar-refractivity contribution in [3.8, 4) is 11.3 Å². The summed E-state index contributed by atoms with van der Waals surface area (Å²) in [5, 5.41) is 6.21. The zero-order valence-corrected chi connectivity index (χ0v) is 15.3. The molecule has 2 aromatic carbocycles. The lowest BCUT2D eigenvalue weighted by Gasteiger charge is -2.04. The molecule has 0 aliphatic carbocycles. The fraction of sp³-hybridized carbons (Fsp3) is 0.0526. The fourth-order valence-electron chi connectivity index (χ4n) is 2.90. The predicted octanol–water partition coefficient (Wildman–Crippen LogP) is 3.02. The second kappa shape index (κ2) is 6.40. The SMILES string of the molecule is Cn1nc(NS(=O)(=O)c2ccccc2)cc1-c1ccc2cc(N)ncc2c1. The van der Waals surface area contributed by atoms with Crippen LogP contribution in [0.1, 0.15) is 0 Å². The lowest BCUT2D eigenvalue weighted by Crippen LogP contribution is -2.13. The highest BCUT2D eigenvalue weighted by Gasteiger charge is 2.17. The van der Waals surface area contributed by atoms with Gasteiger partial charge in [-0.3, -0.25) is 9.40 Å². The van der Waals surface area contributed by atoms with Gasteiger partial charge in [-0.05, 0) is 29.7 Å². The normalized spacial score (nSPS) is 11.6. The topological polar surface area (TPSA) is 103 Å². The van der Waals surface area contributed by atoms with E-state index in [1.54, 1.807) is 42.2 Å². The molecule has 8 heteroatoms. The van der Waals surface area contributed by atoms with E-state index in [0.717, 1.165) is 22.0 Å². The van der Waals surface area contributed by atoms with Crippen LogP contribution >= 0.6 is 0 Å². The molecule has 2 heterocycles. The maximum Gasteiger partial charge on any atom is 0.263 e. The van der Waals surface area contributed by atoms with E-state index < -0.39 is 10.0 Å². The van der Waals surface area contributed by atoms with Gasteiger partial charge in [0, 0.05) is 30.3 Å². The Morgan fingerprint density at radius 3 is 2.56 bits per heavy atom. The Kier molecular flexibility index (Phi) is 4.04. The molecule has 4 aromatic rings. The summed E-state index contributed by atoms with van der Waals surface area (Å²) in [4.78, 5) is 4.30. The molecular weight excluding hydrogens is 362 g/mol. The standard InChI is InChI=1S/C19H17N5O2S/c1-24-17(14-8-7-13-10-18(20)21-12-15(13)9-14)11-19(22-24)23-27(25,26)16-5-3-2-4-6-16/h2-12H,1H3,(H2,20,21)(H,22,23). The smallest absolute Gasteiger partial charge is 0.263 e. The van der Waals surface area contributed by atoms with E-state index in [9.17, 15) is 8.42 Å². The number of hydrogen-bond donors (Lipinski definition) is 2. The number of nitrogen functional groups attached to an aromatic ring is 1. The van der Waals surface area contributed by atoms with Crippen LogP contribution in [0.4, 0.5) is 11.6 Å². The first-order valence-corrected chi connectivity index (χ1v) is 9.68. The lowest BCUT2D eigenvalue weighted by atomic mass is 10.1. The molecule has 7 nitrogen and oxygen atoms in total. The van der Waals surface area contributed by atoms with E-state index in [0.29, 0.717) is 5.82 Å². The minimum absolute atomic E-state index is 0.187. The number of nitrogens with one attached hydrogen (secondary N) is 1. The highest BCUT2D eigenvalue weighted by atomic mass is 32.2. The molecule has 0 saturated carbocycles. The van der Waals surface area contributed by atoms with Gasteiger partial charge in [-0.25, -0.2) is 13.4 Å². The average Bonchev–Trinajstić information content (AvgIpc) is 3.01. The number of fused-ring (bicyclic) bond motifs is 1. The predicted molar refractivity (Wildman–Crippen MR) is 106 cm³/mol. The Labute approximate surface area is 156 Å². The number of nitrogens with two attached hydrogens (primary N) is 1. The van der Waals surface area contributed by atoms with Gasteiger partial charge in [0.25, 0.3) is 10.0 Å². The van der Waals surface area contributed by atoms with E-state index in [-0.39, 0.29) is 10.7 Å². The molecule has 0 aliphatic heterocycles. The van der Waals surface area contributed by atoms with Crippen LogP contribution in [-0.2, 0) is 17.1 Å². The van der Waals surface area contributed by atoms with Crippen molar-refractivity contribution in [2.24, 2.45) is 7.05 Å². The van der Waals surface area contributed by atoms with Crippen LogP contribution in [0.25, 0.3) is 22.0 Å². The highest BCUT2D eigenvalue weighted by molar-refractivity contribution is 7.92. The Morgan fingerprint density at radius 1 is 1.00 bits per heavy atom. The second-order valence-corrected chi connectivity index (χ2v) is 7.81. The molecule has 0 bridgehead atoms. The molecular formula is C19H17N5O2S. The molecule has 0 saturated heterocycles. The Balaban J connectivity index is 1.69. The third kappa shape index (κ3) is 3.34. The van der Waals surface area contributed by atoms with Crippen LogP contribution in [0, 0.1) is 0 Å². The third-order valence-corrected chi connectivity index (χ3v) is 5.58. The van der Waals surface area contributed by atoms with Crippen molar-refractivity contribution in [3.63, 3.8) is 0 Å². The van der Waals surface area contributed by atoms with Crippen molar-refractivity contribution >= 4 is 32.4 Å². The minimum Gasteiger partial charge on any atom is -0.384 e. The maximum absolute atomic E-state index is 12.5. The van der Waals surface area contributed by atoms with Crippen molar-refractivity contribution in [1.29, 1.82) is 0 Å². The molecule has 3 N–H and O–H groups in total. The Hall–Kier alpha value is -3.39. The summed E-state index contributed by atoms with van der Waals surface area (Å²) in [5.74, 6) is 0.722. The van der Waals surface area contributed by atoms with Crippen LogP contribution in [-0.4, -0.2) is 23.2 Å². The van der Waals surface area contributed by atoms with E-state index >= 15 is 0 Å². The van der Waals surface area contributed by atoms with Gasteiger partial charge in [-0.15, -0.1) is 0 Å². The molecule has 2 aromatic heterocycles. The van der Waals surface area contributed by atoms with Crippen molar-refractivity contribution in [2.45, 2.75) is 4.90 Å². The summed E-state index contributed by atoms with van der Waals surface area (Å²) in [6, 6.07) is 17.5. The Bertz CT molecular complexity index is 1230. The Morgan fingerprint density at radius 2 is 1.78 bits per heavy atom. The largest absolute Gasteiger partial charge is 0.384 e. The number of benzene rings is 2. The number of sulfonamides is 1. The molecule has 0 amide bonds. The van der Waals surface area contributed by atoms with E-state index in [4.69, 9.17) is 5.73 Å². The van der Waals surface area contributed by atoms with Crippen LogP contribution in [0.2, 0.25) is 0 Å². The van der Waals surface area contributed by atoms with Gasteiger partial charge in [-0.1, -0.05) is 30.3 Å². The number of rotatable bonds is 4. The van der Waals surface area contributed by atoms with Gasteiger partial charge >= 0.3 is 0 Å². The van der Waals surface area contributed by atoms with E-state index in [1.807, 2.05) is 24.3 Å². The van der Waals surface area contributed by atoms with Gasteiger partial charge in [0.05, 0.1) is 10.6 Å². The monoisotopic (exact) mass is 379 g/mol. The van der Waals surface area contributed by atoms with Crippen molar-refractivity contribution in [3.05, 3.63) is 66.9 Å². The maximum atomic E-state index is 12.5. The first-order valence-electron chi connectivity index (χ1n) is 8.20. The molecule has 0 fully saturated rings. The molecule has 0 radical (unpaired) electrons. The highest BCUT2D eigenvalue weighted by Crippen LogP contribution is 2.27. The van der Waals surface area contributed by atoms with Crippen LogP contribution < -0.4 is 10.5 Å². The third-order valence-electron chi connectivity index (χ3n) is 4.21. The molecule has 0 atom stereocenters. The molecule has 0 spiro atoms. The molecule has 27 heavy (non-hydrogen) atoms.